The molecule has 1 saturated heterocycles. The van der Waals surface area contributed by atoms with E-state index < -0.39 is 11.9 Å². The van der Waals surface area contributed by atoms with Crippen molar-refractivity contribution in [3.63, 3.8) is 0 Å². The zero-order valence-electron chi connectivity index (χ0n) is 11.9. The average Bonchev–Trinajstić information content (AvgIpc) is 2.95. The SMILES string of the molecule is CCOC(=O)[C@@H](C#N)C=NCCCOC[C@@H]1CCCO1. The van der Waals surface area contributed by atoms with E-state index in [0.717, 1.165) is 25.9 Å². The lowest BCUT2D eigenvalue weighted by molar-refractivity contribution is -0.143. The molecule has 1 fully saturated rings. The maximum atomic E-state index is 11.3. The van der Waals surface area contributed by atoms with Gasteiger partial charge in [-0.1, -0.05) is 0 Å². The fourth-order valence-electron chi connectivity index (χ4n) is 1.81. The van der Waals surface area contributed by atoms with Crippen LogP contribution in [0.1, 0.15) is 26.2 Å². The van der Waals surface area contributed by atoms with Crippen LogP contribution < -0.4 is 0 Å². The van der Waals surface area contributed by atoms with Gasteiger partial charge >= 0.3 is 5.97 Å². The lowest BCUT2D eigenvalue weighted by Gasteiger charge is -2.09. The van der Waals surface area contributed by atoms with Gasteiger partial charge in [0, 0.05) is 26.0 Å². The summed E-state index contributed by atoms with van der Waals surface area (Å²) >= 11 is 0. The molecule has 0 bridgehead atoms. The van der Waals surface area contributed by atoms with Gasteiger partial charge in [0.1, 0.15) is 0 Å². The van der Waals surface area contributed by atoms with Crippen molar-refractivity contribution in [3.05, 3.63) is 0 Å². The number of nitrogens with zero attached hydrogens (tertiary/aromatic N) is 2. The standard InChI is InChI=1S/C14H22N2O4/c1-2-19-14(17)12(9-15)10-16-6-4-7-18-11-13-5-3-8-20-13/h10,12-13H,2-8,11H2,1H3/t12-,13-/m0/s1. The maximum absolute atomic E-state index is 11.3. The highest BCUT2D eigenvalue weighted by atomic mass is 16.5. The summed E-state index contributed by atoms with van der Waals surface area (Å²) in [6.07, 6.45) is 4.52. The highest BCUT2D eigenvalue weighted by molar-refractivity contribution is 5.92. The molecule has 0 amide bonds. The van der Waals surface area contributed by atoms with Crippen molar-refractivity contribution in [2.24, 2.45) is 10.9 Å². The predicted molar refractivity (Wildman–Crippen MR) is 73.5 cm³/mol. The van der Waals surface area contributed by atoms with Gasteiger partial charge in [-0.15, -0.1) is 0 Å². The van der Waals surface area contributed by atoms with Crippen molar-refractivity contribution >= 4 is 12.2 Å². The fourth-order valence-corrected chi connectivity index (χ4v) is 1.81. The van der Waals surface area contributed by atoms with Crippen LogP contribution in [0, 0.1) is 17.2 Å². The van der Waals surface area contributed by atoms with Crippen LogP contribution in [0.25, 0.3) is 0 Å². The summed E-state index contributed by atoms with van der Waals surface area (Å²) in [5.41, 5.74) is 0. The van der Waals surface area contributed by atoms with Gasteiger partial charge in [-0.2, -0.15) is 5.26 Å². The van der Waals surface area contributed by atoms with Crippen molar-refractivity contribution < 1.29 is 19.0 Å². The lowest BCUT2D eigenvalue weighted by atomic mass is 10.2. The Bertz CT molecular complexity index is 346. The van der Waals surface area contributed by atoms with E-state index >= 15 is 0 Å². The highest BCUT2D eigenvalue weighted by Crippen LogP contribution is 2.11. The van der Waals surface area contributed by atoms with Crippen molar-refractivity contribution in [2.75, 3.05) is 33.0 Å². The molecule has 0 aromatic carbocycles. The maximum Gasteiger partial charge on any atom is 0.328 e. The molecule has 20 heavy (non-hydrogen) atoms. The largest absolute Gasteiger partial charge is 0.465 e. The van der Waals surface area contributed by atoms with E-state index in [1.54, 1.807) is 6.92 Å². The Morgan fingerprint density at radius 1 is 1.65 bits per heavy atom. The molecule has 2 atom stereocenters. The quantitative estimate of drug-likeness (QED) is 0.362. The third-order valence-electron chi connectivity index (χ3n) is 2.84. The van der Waals surface area contributed by atoms with Gasteiger partial charge < -0.3 is 14.2 Å². The molecule has 1 aliphatic heterocycles. The minimum absolute atomic E-state index is 0.241. The monoisotopic (exact) mass is 282 g/mol. The van der Waals surface area contributed by atoms with Crippen molar-refractivity contribution in [2.45, 2.75) is 32.3 Å². The minimum atomic E-state index is -0.914. The number of carbonyl (C=O) groups excluding carboxylic acids is 1. The Labute approximate surface area is 119 Å². The molecule has 6 heteroatoms. The van der Waals surface area contributed by atoms with Crippen LogP contribution >= 0.6 is 0 Å². The van der Waals surface area contributed by atoms with E-state index in [-0.39, 0.29) is 12.7 Å². The smallest absolute Gasteiger partial charge is 0.328 e. The van der Waals surface area contributed by atoms with Gasteiger partial charge in [-0.3, -0.25) is 9.79 Å². The van der Waals surface area contributed by atoms with E-state index in [2.05, 4.69) is 4.99 Å². The van der Waals surface area contributed by atoms with Gasteiger partial charge in [0.2, 0.25) is 0 Å². The summed E-state index contributed by atoms with van der Waals surface area (Å²) in [4.78, 5) is 15.4. The highest BCUT2D eigenvalue weighted by Gasteiger charge is 2.16. The van der Waals surface area contributed by atoms with E-state index in [0.29, 0.717) is 19.8 Å². The third-order valence-corrected chi connectivity index (χ3v) is 2.84. The molecule has 0 spiro atoms. The van der Waals surface area contributed by atoms with Crippen LogP contribution in [0.4, 0.5) is 0 Å². The Kier molecular flexibility index (Phi) is 8.59. The first-order valence-electron chi connectivity index (χ1n) is 7.03. The number of aliphatic imine (C=N–C) groups is 1. The number of esters is 1. The minimum Gasteiger partial charge on any atom is -0.465 e. The van der Waals surface area contributed by atoms with Crippen molar-refractivity contribution in [1.29, 1.82) is 5.26 Å². The molecule has 6 nitrogen and oxygen atoms in total. The molecule has 0 N–H and O–H groups in total. The molecule has 0 unspecified atom stereocenters. The first kappa shape index (κ1) is 16.6. The number of nitriles is 1. The summed E-state index contributed by atoms with van der Waals surface area (Å²) in [5, 5.41) is 8.80. The van der Waals surface area contributed by atoms with E-state index in [1.165, 1.54) is 6.21 Å². The van der Waals surface area contributed by atoms with E-state index in [4.69, 9.17) is 19.5 Å². The number of ether oxygens (including phenoxy) is 3. The van der Waals surface area contributed by atoms with Crippen LogP contribution in [-0.4, -0.2) is 51.3 Å². The van der Waals surface area contributed by atoms with Gasteiger partial charge in [-0.05, 0) is 26.2 Å². The molecule has 1 rings (SSSR count). The van der Waals surface area contributed by atoms with Gasteiger partial charge in [-0.25, -0.2) is 0 Å². The summed E-state index contributed by atoms with van der Waals surface area (Å²) in [5.74, 6) is -1.46. The second-order valence-electron chi connectivity index (χ2n) is 4.48. The Hall–Kier alpha value is -1.45. The summed E-state index contributed by atoms with van der Waals surface area (Å²) in [6, 6.07) is 1.85. The van der Waals surface area contributed by atoms with Crippen molar-refractivity contribution in [1.82, 2.24) is 0 Å². The molecule has 112 valence electrons. The molecule has 0 saturated carbocycles. The molecule has 0 aromatic rings. The van der Waals surface area contributed by atoms with Gasteiger partial charge in [0.25, 0.3) is 0 Å². The van der Waals surface area contributed by atoms with E-state index in [9.17, 15) is 4.79 Å². The van der Waals surface area contributed by atoms with Crippen LogP contribution in [0.5, 0.6) is 0 Å². The van der Waals surface area contributed by atoms with Gasteiger partial charge in [0.15, 0.2) is 5.92 Å². The predicted octanol–water partition coefficient (Wildman–Crippen LogP) is 1.35. The second-order valence-corrected chi connectivity index (χ2v) is 4.48. The van der Waals surface area contributed by atoms with Crippen LogP contribution in [0.2, 0.25) is 0 Å². The molecule has 1 heterocycles. The molecule has 0 aliphatic carbocycles. The number of hydrogen-bond donors (Lipinski definition) is 0. The second kappa shape index (κ2) is 10.4. The molecule has 1 aliphatic rings. The average molecular weight is 282 g/mol. The zero-order chi connectivity index (χ0) is 14.6. The van der Waals surface area contributed by atoms with Crippen molar-refractivity contribution in [3.8, 4) is 6.07 Å². The lowest BCUT2D eigenvalue weighted by Crippen LogP contribution is -2.17. The summed E-state index contributed by atoms with van der Waals surface area (Å²) in [7, 11) is 0. The first-order valence-corrected chi connectivity index (χ1v) is 7.03. The molecular formula is C14H22N2O4. The zero-order valence-corrected chi connectivity index (χ0v) is 11.9. The fraction of sp³-hybridized carbons (Fsp3) is 0.786. The first-order chi connectivity index (χ1) is 9.77. The third kappa shape index (κ3) is 6.64. The van der Waals surface area contributed by atoms with Crippen LogP contribution in [0.3, 0.4) is 0 Å². The molecule has 0 aromatic heterocycles. The Morgan fingerprint density at radius 3 is 3.15 bits per heavy atom. The Morgan fingerprint density at radius 2 is 2.50 bits per heavy atom. The number of rotatable bonds is 9. The number of hydrogen-bond acceptors (Lipinski definition) is 6. The molecular weight excluding hydrogens is 260 g/mol. The van der Waals surface area contributed by atoms with Crippen LogP contribution in [0.15, 0.2) is 4.99 Å². The van der Waals surface area contributed by atoms with Gasteiger partial charge in [0.05, 0.1) is 25.4 Å². The number of carbonyl (C=O) groups is 1. The van der Waals surface area contributed by atoms with E-state index in [1.807, 2.05) is 6.07 Å². The topological polar surface area (TPSA) is 80.9 Å². The normalized spacial score (nSPS) is 19.9. The molecule has 0 radical (unpaired) electrons. The van der Waals surface area contributed by atoms with Crippen LogP contribution in [-0.2, 0) is 19.0 Å². The summed E-state index contributed by atoms with van der Waals surface area (Å²) in [6.45, 7) is 4.57. The Balaban J connectivity index is 2.05. The summed E-state index contributed by atoms with van der Waals surface area (Å²) < 4.78 is 15.7.